The minimum atomic E-state index is -0.446. The number of anilines is 1. The first kappa shape index (κ1) is 14.2. The average molecular weight is 250 g/mol. The zero-order valence-corrected chi connectivity index (χ0v) is 10.9. The molecule has 0 bridgehead atoms. The van der Waals surface area contributed by atoms with Gasteiger partial charge in [-0.1, -0.05) is 6.08 Å². The van der Waals surface area contributed by atoms with E-state index in [1.54, 1.807) is 18.9 Å². The fourth-order valence-corrected chi connectivity index (χ4v) is 1.62. The molecule has 1 aromatic carbocycles. The van der Waals surface area contributed by atoms with Crippen molar-refractivity contribution < 1.29 is 9.18 Å². The summed E-state index contributed by atoms with van der Waals surface area (Å²) in [6.07, 6.45) is 3.50. The molecule has 98 valence electrons. The van der Waals surface area contributed by atoms with Crippen LogP contribution in [0.15, 0.2) is 24.8 Å². The van der Waals surface area contributed by atoms with Gasteiger partial charge in [0.1, 0.15) is 5.82 Å². The molecule has 0 aromatic heterocycles. The lowest BCUT2D eigenvalue weighted by Gasteiger charge is -2.17. The predicted octanol–water partition coefficient (Wildman–Crippen LogP) is 2.75. The van der Waals surface area contributed by atoms with Crippen molar-refractivity contribution in [1.82, 2.24) is 4.90 Å². The Labute approximate surface area is 107 Å². The highest BCUT2D eigenvalue weighted by molar-refractivity contribution is 5.95. The number of nitrogens with two attached hydrogens (primary N) is 1. The van der Waals surface area contributed by atoms with Gasteiger partial charge in [0.05, 0.1) is 0 Å². The summed E-state index contributed by atoms with van der Waals surface area (Å²) in [7, 11) is 1.69. The van der Waals surface area contributed by atoms with Crippen LogP contribution in [-0.2, 0) is 0 Å². The number of halogens is 1. The van der Waals surface area contributed by atoms with E-state index >= 15 is 0 Å². The Morgan fingerprint density at radius 2 is 2.22 bits per heavy atom. The Bertz CT molecular complexity index is 434. The normalized spacial score (nSPS) is 10.2. The molecule has 18 heavy (non-hydrogen) atoms. The summed E-state index contributed by atoms with van der Waals surface area (Å²) < 4.78 is 13.5. The fourth-order valence-electron chi connectivity index (χ4n) is 1.62. The van der Waals surface area contributed by atoms with E-state index in [1.807, 2.05) is 6.08 Å². The Hall–Kier alpha value is -1.84. The van der Waals surface area contributed by atoms with Crippen molar-refractivity contribution in [2.24, 2.45) is 0 Å². The monoisotopic (exact) mass is 250 g/mol. The van der Waals surface area contributed by atoms with Crippen molar-refractivity contribution in [3.05, 3.63) is 41.7 Å². The van der Waals surface area contributed by atoms with Crippen LogP contribution < -0.4 is 5.73 Å². The number of carbonyl (C=O) groups excluding carboxylic acids is 1. The fraction of sp³-hybridized carbons (Fsp3) is 0.357. The Balaban J connectivity index is 2.80. The summed E-state index contributed by atoms with van der Waals surface area (Å²) >= 11 is 0. The van der Waals surface area contributed by atoms with E-state index in [9.17, 15) is 9.18 Å². The highest BCUT2D eigenvalue weighted by Gasteiger charge is 2.14. The van der Waals surface area contributed by atoms with Gasteiger partial charge in [-0.15, -0.1) is 6.58 Å². The SMILES string of the molecule is C=CCCCN(C)C(=O)c1cc(N)c(C)c(F)c1. The number of benzene rings is 1. The molecule has 1 rings (SSSR count). The van der Waals surface area contributed by atoms with Crippen LogP contribution in [0.4, 0.5) is 10.1 Å². The highest BCUT2D eigenvalue weighted by atomic mass is 19.1. The first-order valence-corrected chi connectivity index (χ1v) is 5.89. The Morgan fingerprint density at radius 3 is 2.78 bits per heavy atom. The second kappa shape index (κ2) is 6.19. The summed E-state index contributed by atoms with van der Waals surface area (Å²) in [4.78, 5) is 13.6. The zero-order chi connectivity index (χ0) is 13.7. The molecule has 0 unspecified atom stereocenters. The smallest absolute Gasteiger partial charge is 0.253 e. The lowest BCUT2D eigenvalue weighted by molar-refractivity contribution is 0.0793. The van der Waals surface area contributed by atoms with Crippen molar-refractivity contribution in [1.29, 1.82) is 0 Å². The topological polar surface area (TPSA) is 46.3 Å². The van der Waals surface area contributed by atoms with Crippen molar-refractivity contribution in [2.75, 3.05) is 19.3 Å². The quantitative estimate of drug-likeness (QED) is 0.496. The average Bonchev–Trinajstić information content (AvgIpc) is 2.34. The van der Waals surface area contributed by atoms with Crippen LogP contribution >= 0.6 is 0 Å². The summed E-state index contributed by atoms with van der Waals surface area (Å²) in [6, 6.07) is 2.75. The third kappa shape index (κ3) is 3.32. The second-order valence-electron chi connectivity index (χ2n) is 4.33. The highest BCUT2D eigenvalue weighted by Crippen LogP contribution is 2.18. The molecule has 0 atom stereocenters. The van der Waals surface area contributed by atoms with E-state index in [2.05, 4.69) is 6.58 Å². The molecule has 0 heterocycles. The van der Waals surface area contributed by atoms with Crippen molar-refractivity contribution in [3.63, 3.8) is 0 Å². The number of rotatable bonds is 5. The van der Waals surface area contributed by atoms with Gasteiger partial charge < -0.3 is 10.6 Å². The molecule has 0 aliphatic heterocycles. The maximum Gasteiger partial charge on any atom is 0.253 e. The second-order valence-corrected chi connectivity index (χ2v) is 4.33. The van der Waals surface area contributed by atoms with E-state index < -0.39 is 5.82 Å². The lowest BCUT2D eigenvalue weighted by atomic mass is 10.1. The molecule has 0 saturated carbocycles. The molecule has 3 nitrogen and oxygen atoms in total. The van der Waals surface area contributed by atoms with Crippen LogP contribution in [-0.4, -0.2) is 24.4 Å². The molecule has 1 amide bonds. The van der Waals surface area contributed by atoms with Gasteiger partial charge in [-0.2, -0.15) is 0 Å². The summed E-state index contributed by atoms with van der Waals surface area (Å²) in [6.45, 7) is 5.83. The predicted molar refractivity (Wildman–Crippen MR) is 71.9 cm³/mol. The summed E-state index contributed by atoms with van der Waals surface area (Å²) in [5, 5.41) is 0. The number of carbonyl (C=O) groups is 1. The first-order valence-electron chi connectivity index (χ1n) is 5.89. The molecule has 1 aromatic rings. The number of nitrogens with zero attached hydrogens (tertiary/aromatic N) is 1. The Kier molecular flexibility index (Phi) is 4.89. The molecule has 0 aliphatic rings. The largest absolute Gasteiger partial charge is 0.398 e. The number of amides is 1. The number of nitrogen functional groups attached to an aromatic ring is 1. The van der Waals surface area contributed by atoms with Crippen molar-refractivity contribution in [2.45, 2.75) is 19.8 Å². The number of unbranched alkanes of at least 4 members (excludes halogenated alkanes) is 1. The first-order chi connectivity index (χ1) is 8.47. The Morgan fingerprint density at radius 1 is 1.56 bits per heavy atom. The van der Waals surface area contributed by atoms with Crippen molar-refractivity contribution in [3.8, 4) is 0 Å². The third-order valence-corrected chi connectivity index (χ3v) is 2.88. The molecular formula is C14H19FN2O. The minimum absolute atomic E-state index is 0.218. The third-order valence-electron chi connectivity index (χ3n) is 2.88. The van der Waals surface area contributed by atoms with Gasteiger partial charge in [-0.25, -0.2) is 4.39 Å². The van der Waals surface area contributed by atoms with Gasteiger partial charge in [-0.05, 0) is 31.9 Å². The molecule has 2 N–H and O–H groups in total. The van der Waals surface area contributed by atoms with E-state index in [0.29, 0.717) is 17.8 Å². The van der Waals surface area contributed by atoms with Gasteiger partial charge in [-0.3, -0.25) is 4.79 Å². The maximum atomic E-state index is 13.5. The summed E-state index contributed by atoms with van der Waals surface area (Å²) in [5.41, 5.74) is 6.63. The molecule has 0 saturated heterocycles. The number of hydrogen-bond donors (Lipinski definition) is 1. The van der Waals surface area contributed by atoms with Crippen molar-refractivity contribution >= 4 is 11.6 Å². The molecule has 0 radical (unpaired) electrons. The van der Waals surface area contributed by atoms with Gasteiger partial charge in [0.25, 0.3) is 5.91 Å². The van der Waals surface area contributed by atoms with E-state index in [-0.39, 0.29) is 11.5 Å². The van der Waals surface area contributed by atoms with Crippen LogP contribution in [0.5, 0.6) is 0 Å². The standard InChI is InChI=1S/C14H19FN2O/c1-4-5-6-7-17(3)14(18)11-8-12(15)10(2)13(16)9-11/h4,8-9H,1,5-7,16H2,2-3H3. The minimum Gasteiger partial charge on any atom is -0.398 e. The number of allylic oxidation sites excluding steroid dienone is 1. The molecule has 4 heteroatoms. The molecule has 0 aliphatic carbocycles. The van der Waals surface area contributed by atoms with Gasteiger partial charge in [0.2, 0.25) is 0 Å². The zero-order valence-electron chi connectivity index (χ0n) is 10.9. The van der Waals surface area contributed by atoms with Crippen LogP contribution in [0, 0.1) is 12.7 Å². The van der Waals surface area contributed by atoms with Crippen LogP contribution in [0.3, 0.4) is 0 Å². The van der Waals surface area contributed by atoms with Crippen LogP contribution in [0.1, 0.15) is 28.8 Å². The summed E-state index contributed by atoms with van der Waals surface area (Å²) in [5.74, 6) is -0.664. The van der Waals surface area contributed by atoms with E-state index in [4.69, 9.17) is 5.73 Å². The van der Waals surface area contributed by atoms with Gasteiger partial charge in [0.15, 0.2) is 0 Å². The molecule has 0 spiro atoms. The van der Waals surface area contributed by atoms with Crippen LogP contribution in [0.25, 0.3) is 0 Å². The van der Waals surface area contributed by atoms with Crippen LogP contribution in [0.2, 0.25) is 0 Å². The maximum absolute atomic E-state index is 13.5. The molecular weight excluding hydrogens is 231 g/mol. The van der Waals surface area contributed by atoms with Gasteiger partial charge in [0, 0.05) is 30.4 Å². The van der Waals surface area contributed by atoms with E-state index in [1.165, 1.54) is 12.1 Å². The van der Waals surface area contributed by atoms with Gasteiger partial charge >= 0.3 is 0 Å². The lowest BCUT2D eigenvalue weighted by Crippen LogP contribution is -2.28. The number of hydrogen-bond acceptors (Lipinski definition) is 2. The molecule has 0 fully saturated rings. The van der Waals surface area contributed by atoms with E-state index in [0.717, 1.165) is 12.8 Å².